The van der Waals surface area contributed by atoms with Crippen LogP contribution in [0.1, 0.15) is 45.5 Å². The van der Waals surface area contributed by atoms with Gasteiger partial charge in [-0.2, -0.15) is 0 Å². The zero-order valence-corrected chi connectivity index (χ0v) is 32.8. The average molecular weight is 769 g/mol. The fraction of sp³-hybridized carbons (Fsp3) is 0.0536. The molecule has 0 spiro atoms. The van der Waals surface area contributed by atoms with Crippen molar-refractivity contribution in [3.63, 3.8) is 0 Å². The number of hydrogen-bond donors (Lipinski definition) is 3. The molecule has 60 heavy (non-hydrogen) atoms. The summed E-state index contributed by atoms with van der Waals surface area (Å²) in [5.74, 6) is 0. The Morgan fingerprint density at radius 3 is 2.03 bits per heavy atom. The summed E-state index contributed by atoms with van der Waals surface area (Å²) in [6.07, 6.45) is 20.3. The third-order valence-electron chi connectivity index (χ3n) is 12.5. The number of nitrogens with zero attached hydrogens (tertiary/aromatic N) is 1. The van der Waals surface area contributed by atoms with Crippen molar-refractivity contribution in [1.82, 2.24) is 10.3 Å². The predicted molar refractivity (Wildman–Crippen MR) is 252 cm³/mol. The van der Waals surface area contributed by atoms with Gasteiger partial charge in [-0.05, 0) is 96.4 Å². The van der Waals surface area contributed by atoms with Gasteiger partial charge < -0.3 is 16.0 Å². The van der Waals surface area contributed by atoms with Crippen molar-refractivity contribution in [2.24, 2.45) is 0 Å². The molecule has 0 fully saturated rings. The third kappa shape index (κ3) is 6.04. The van der Waals surface area contributed by atoms with Gasteiger partial charge in [-0.15, -0.1) is 0 Å². The molecule has 12 rings (SSSR count). The van der Waals surface area contributed by atoms with Crippen LogP contribution in [0, 0.1) is 0 Å². The van der Waals surface area contributed by atoms with E-state index in [0.717, 1.165) is 44.8 Å². The number of nitrogens with one attached hydrogen (secondary N) is 3. The predicted octanol–water partition coefficient (Wildman–Crippen LogP) is 13.5. The molecule has 4 heteroatoms. The fourth-order valence-corrected chi connectivity index (χ4v) is 9.28. The molecule has 0 saturated heterocycles. The van der Waals surface area contributed by atoms with Crippen LogP contribution in [0.3, 0.4) is 0 Å². The Balaban J connectivity index is 0.791. The van der Waals surface area contributed by atoms with Gasteiger partial charge in [0.05, 0.1) is 40.7 Å². The molecule has 4 heterocycles. The molecule has 0 bridgehead atoms. The van der Waals surface area contributed by atoms with E-state index in [2.05, 4.69) is 222 Å². The van der Waals surface area contributed by atoms with E-state index in [1.807, 2.05) is 0 Å². The average Bonchev–Trinajstić information content (AvgIpc) is 3.32. The van der Waals surface area contributed by atoms with E-state index < -0.39 is 0 Å². The highest BCUT2D eigenvalue weighted by atomic mass is 15.0. The van der Waals surface area contributed by atoms with E-state index in [4.69, 9.17) is 4.98 Å². The zero-order valence-electron chi connectivity index (χ0n) is 32.8. The van der Waals surface area contributed by atoms with Crippen molar-refractivity contribution in [3.05, 3.63) is 233 Å². The maximum absolute atomic E-state index is 5.22. The minimum Gasteiger partial charge on any atom is -0.374 e. The summed E-state index contributed by atoms with van der Waals surface area (Å²) in [7, 11) is 0. The van der Waals surface area contributed by atoms with Gasteiger partial charge in [-0.1, -0.05) is 176 Å². The second-order valence-electron chi connectivity index (χ2n) is 16.1. The number of pyridine rings is 1. The molecule has 4 aliphatic rings. The molecule has 3 unspecified atom stereocenters. The Morgan fingerprint density at radius 1 is 0.450 bits per heavy atom. The number of rotatable bonds is 5. The number of benzene rings is 7. The van der Waals surface area contributed by atoms with Crippen molar-refractivity contribution in [1.29, 1.82) is 0 Å². The first-order valence-corrected chi connectivity index (χ1v) is 20.8. The maximum atomic E-state index is 5.22. The summed E-state index contributed by atoms with van der Waals surface area (Å²) in [4.78, 5) is 5.22. The monoisotopic (exact) mass is 768 g/mol. The highest BCUT2D eigenvalue weighted by Crippen LogP contribution is 2.43. The summed E-state index contributed by atoms with van der Waals surface area (Å²) < 4.78 is 0. The number of fused-ring (bicyclic) bond motifs is 7. The molecule has 7 aromatic carbocycles. The van der Waals surface area contributed by atoms with Crippen molar-refractivity contribution in [2.75, 3.05) is 10.6 Å². The number of aromatic nitrogens is 1. The van der Waals surface area contributed by atoms with Gasteiger partial charge in [0.25, 0.3) is 0 Å². The molecule has 3 aliphatic heterocycles. The lowest BCUT2D eigenvalue weighted by Gasteiger charge is -2.30. The first-order chi connectivity index (χ1) is 29.7. The maximum Gasteiger partial charge on any atom is 0.0716 e. The SMILES string of the molecule is C1=CC2=CC=C(c3ccc4ccc(-c5ccc6cc(C7C=Cc8ccc9c(c8N7)NC(c7ccccc7)C=C9)ccc6c5)nc4c3)NC2C=C1c1cccc2ccccc12. The lowest BCUT2D eigenvalue weighted by Crippen LogP contribution is -2.31. The molecule has 3 atom stereocenters. The normalized spacial score (nSPS) is 18.7. The Hall–Kier alpha value is -7.69. The Morgan fingerprint density at radius 2 is 1.17 bits per heavy atom. The lowest BCUT2D eigenvalue weighted by atomic mass is 9.89. The van der Waals surface area contributed by atoms with Crippen molar-refractivity contribution in [3.8, 4) is 11.3 Å². The van der Waals surface area contributed by atoms with Crippen LogP contribution >= 0.6 is 0 Å². The number of allylic oxidation sites excluding steroid dienone is 4. The molecular weight excluding hydrogens is 729 g/mol. The first kappa shape index (κ1) is 34.4. The summed E-state index contributed by atoms with van der Waals surface area (Å²) >= 11 is 0. The molecule has 3 N–H and O–H groups in total. The van der Waals surface area contributed by atoms with Crippen LogP contribution in [0.5, 0.6) is 0 Å². The van der Waals surface area contributed by atoms with Crippen molar-refractivity contribution in [2.45, 2.75) is 18.1 Å². The molecule has 0 saturated carbocycles. The Labute approximate surface area is 349 Å². The highest BCUT2D eigenvalue weighted by molar-refractivity contribution is 5.97. The largest absolute Gasteiger partial charge is 0.374 e. The van der Waals surface area contributed by atoms with Crippen LogP contribution < -0.4 is 16.0 Å². The molecule has 8 aromatic rings. The van der Waals surface area contributed by atoms with Crippen molar-refractivity contribution >= 4 is 67.2 Å². The second kappa shape index (κ2) is 14.0. The minimum atomic E-state index is 0.0556. The molecule has 1 aromatic heterocycles. The summed E-state index contributed by atoms with van der Waals surface area (Å²) in [6.45, 7) is 0. The van der Waals surface area contributed by atoms with Crippen LogP contribution in [0.25, 0.3) is 67.1 Å². The molecule has 284 valence electrons. The quantitative estimate of drug-likeness (QED) is 0.163. The summed E-state index contributed by atoms with van der Waals surface area (Å²) in [6, 6.07) is 54.9. The van der Waals surface area contributed by atoms with Gasteiger partial charge in [0, 0.05) is 16.6 Å². The molecule has 0 radical (unpaired) electrons. The van der Waals surface area contributed by atoms with Crippen LogP contribution in [-0.4, -0.2) is 11.0 Å². The zero-order chi connectivity index (χ0) is 39.6. The lowest BCUT2D eigenvalue weighted by molar-refractivity contribution is 0.815. The number of anilines is 2. The first-order valence-electron chi connectivity index (χ1n) is 20.8. The van der Waals surface area contributed by atoms with Gasteiger partial charge >= 0.3 is 0 Å². The van der Waals surface area contributed by atoms with Gasteiger partial charge in [-0.3, -0.25) is 0 Å². The number of hydrogen-bond acceptors (Lipinski definition) is 4. The van der Waals surface area contributed by atoms with E-state index in [0.29, 0.717) is 0 Å². The highest BCUT2D eigenvalue weighted by Gasteiger charge is 2.24. The van der Waals surface area contributed by atoms with Gasteiger partial charge in [0.2, 0.25) is 0 Å². The number of dihydropyridines is 1. The van der Waals surface area contributed by atoms with E-state index in [9.17, 15) is 0 Å². The van der Waals surface area contributed by atoms with E-state index >= 15 is 0 Å². The van der Waals surface area contributed by atoms with Gasteiger partial charge in [-0.25, -0.2) is 4.98 Å². The fourth-order valence-electron chi connectivity index (χ4n) is 9.28. The van der Waals surface area contributed by atoms with E-state index in [1.54, 1.807) is 0 Å². The minimum absolute atomic E-state index is 0.0556. The van der Waals surface area contributed by atoms with E-state index in [-0.39, 0.29) is 18.1 Å². The van der Waals surface area contributed by atoms with Crippen LogP contribution in [0.15, 0.2) is 200 Å². The summed E-state index contributed by atoms with van der Waals surface area (Å²) in [5, 5.41) is 17.6. The molecular formula is C56H40N4. The molecule has 0 amide bonds. The molecule has 1 aliphatic carbocycles. The van der Waals surface area contributed by atoms with E-state index in [1.165, 1.54) is 60.5 Å². The smallest absolute Gasteiger partial charge is 0.0716 e. The summed E-state index contributed by atoms with van der Waals surface area (Å²) in [5.41, 5.74) is 16.2. The van der Waals surface area contributed by atoms with Crippen LogP contribution in [-0.2, 0) is 0 Å². The Kier molecular flexibility index (Phi) is 8.02. The van der Waals surface area contributed by atoms with Crippen LogP contribution in [0.4, 0.5) is 11.4 Å². The van der Waals surface area contributed by atoms with Crippen molar-refractivity contribution < 1.29 is 0 Å². The van der Waals surface area contributed by atoms with Gasteiger partial charge in [0.15, 0.2) is 0 Å². The molecule has 4 nitrogen and oxygen atoms in total. The topological polar surface area (TPSA) is 49.0 Å². The second-order valence-corrected chi connectivity index (χ2v) is 16.1. The standard InChI is InChI=1S/C56H40N4/c1-2-8-36(9-3-1)49-29-25-39-15-16-40-26-30-52(60-56(40)55(39)59-49)45-22-18-41-31-44(21-17-42(41)32-45)50-27-23-38-14-20-46(34-54(38)57-50)51-28-24-37-13-19-43(33-53(37)58-51)48-12-6-10-35-7-4-5-11-47(35)48/h1-34,49,52-53,58-60H. The third-order valence-corrected chi connectivity index (χ3v) is 12.5. The van der Waals surface area contributed by atoms with Gasteiger partial charge in [0.1, 0.15) is 0 Å². The Bertz CT molecular complexity index is 3250. The van der Waals surface area contributed by atoms with Crippen LogP contribution in [0.2, 0.25) is 0 Å².